The van der Waals surface area contributed by atoms with E-state index in [9.17, 15) is 14.4 Å². The maximum atomic E-state index is 12.9. The zero-order chi connectivity index (χ0) is 41.2. The summed E-state index contributed by atoms with van der Waals surface area (Å²) in [6.45, 7) is 17.9. The van der Waals surface area contributed by atoms with Crippen molar-refractivity contribution in [3.8, 4) is 16.9 Å². The molecule has 0 radical (unpaired) electrons. The Bertz CT molecular complexity index is 2520. The molecule has 5 heterocycles. The molecule has 0 saturated carbocycles. The smallest absolute Gasteiger partial charge is 0.332 e. The number of benzene rings is 2. The first-order valence-electron chi connectivity index (χ1n) is 19.4. The van der Waals surface area contributed by atoms with Crippen LogP contribution in [-0.2, 0) is 11.8 Å². The molecule has 1 fully saturated rings. The lowest BCUT2D eigenvalue weighted by Crippen LogP contribution is -2.59. The van der Waals surface area contributed by atoms with Gasteiger partial charge in [0, 0.05) is 61.0 Å². The largest absolute Gasteiger partial charge is 0.363 e. The van der Waals surface area contributed by atoms with Gasteiger partial charge in [-0.3, -0.25) is 24.0 Å². The molecule has 1 atom stereocenters. The summed E-state index contributed by atoms with van der Waals surface area (Å²) in [7, 11) is 0. The topological polar surface area (TPSA) is 180 Å². The van der Waals surface area contributed by atoms with Gasteiger partial charge in [0.25, 0.3) is 5.56 Å². The molecule has 7 rings (SSSR count). The zero-order valence-corrected chi connectivity index (χ0v) is 33.9. The van der Waals surface area contributed by atoms with Crippen molar-refractivity contribution in [1.29, 1.82) is 0 Å². The molecule has 2 aromatic carbocycles. The maximum Gasteiger partial charge on any atom is 0.332 e. The molecule has 300 valence electrons. The lowest BCUT2D eigenvalue weighted by Gasteiger charge is -2.48. The Morgan fingerprint density at radius 1 is 0.948 bits per heavy atom. The summed E-state index contributed by atoms with van der Waals surface area (Å²) >= 11 is 0. The minimum atomic E-state index is -0.453. The van der Waals surface area contributed by atoms with E-state index in [-0.39, 0.29) is 22.9 Å². The summed E-state index contributed by atoms with van der Waals surface area (Å²) in [6, 6.07) is 20.9. The second-order valence-electron chi connectivity index (χ2n) is 16.4. The molecule has 3 N–H and O–H groups in total. The number of H-pyrrole nitrogens is 1. The van der Waals surface area contributed by atoms with Gasteiger partial charge in [-0.15, -0.1) is 0 Å². The summed E-state index contributed by atoms with van der Waals surface area (Å²) in [5, 5.41) is 10.2. The number of carbonyl (C=O) groups is 1. The molecule has 6 aromatic rings. The van der Waals surface area contributed by atoms with E-state index in [0.717, 1.165) is 60.7 Å². The van der Waals surface area contributed by atoms with Crippen LogP contribution >= 0.6 is 0 Å². The van der Waals surface area contributed by atoms with Gasteiger partial charge in [-0.2, -0.15) is 4.98 Å². The van der Waals surface area contributed by atoms with E-state index in [1.54, 1.807) is 0 Å². The fraction of sp³-hybridized carbons (Fsp3) is 0.349. The van der Waals surface area contributed by atoms with E-state index >= 15 is 0 Å². The number of pyridine rings is 1. The summed E-state index contributed by atoms with van der Waals surface area (Å²) in [6.07, 6.45) is 5.81. The molecule has 4 aromatic heterocycles. The van der Waals surface area contributed by atoms with Crippen molar-refractivity contribution in [1.82, 2.24) is 44.9 Å². The van der Waals surface area contributed by atoms with Crippen LogP contribution in [0.4, 0.5) is 17.3 Å². The Balaban J connectivity index is 0.928. The SMILES string of the molecule is Cc1cc(-c2cc(Nc3ccc(N4CCN(CCc5ccc(-n6ccc(=O)[nH]c6=O)cc5)CC4(C)C)cn3)ncn2)ccc1[C@@H](C)NC(=O)c1nc(C(C)(C)C)no1. The number of carbonyl (C=O) groups excluding carboxylic acids is 1. The molecule has 15 heteroatoms. The number of aromatic nitrogens is 7. The minimum Gasteiger partial charge on any atom is -0.363 e. The molecule has 1 aliphatic heterocycles. The van der Waals surface area contributed by atoms with Gasteiger partial charge < -0.3 is 20.1 Å². The van der Waals surface area contributed by atoms with Crippen LogP contribution in [0.3, 0.4) is 0 Å². The first kappa shape index (κ1) is 39.7. The highest BCUT2D eigenvalue weighted by Crippen LogP contribution is 2.30. The summed E-state index contributed by atoms with van der Waals surface area (Å²) in [5.74, 6) is 1.30. The number of hydrogen-bond acceptors (Lipinski definition) is 12. The minimum absolute atomic E-state index is 0.0572. The Morgan fingerprint density at radius 2 is 1.72 bits per heavy atom. The van der Waals surface area contributed by atoms with Crippen LogP contribution in [0.15, 0.2) is 99.6 Å². The number of piperazine rings is 1. The van der Waals surface area contributed by atoms with E-state index in [1.165, 1.54) is 28.7 Å². The monoisotopic (exact) mass is 783 g/mol. The molecule has 1 aliphatic rings. The zero-order valence-electron chi connectivity index (χ0n) is 33.9. The number of nitrogens with zero attached hydrogens (tertiary/aromatic N) is 8. The number of hydrogen-bond donors (Lipinski definition) is 3. The Morgan fingerprint density at radius 3 is 2.40 bits per heavy atom. The first-order chi connectivity index (χ1) is 27.6. The summed E-state index contributed by atoms with van der Waals surface area (Å²) in [4.78, 5) is 61.6. The van der Waals surface area contributed by atoms with Crippen LogP contribution in [0.5, 0.6) is 0 Å². The normalized spacial score (nSPS) is 14.9. The Labute approximate surface area is 336 Å². The van der Waals surface area contributed by atoms with E-state index < -0.39 is 17.2 Å². The predicted octanol–water partition coefficient (Wildman–Crippen LogP) is 5.74. The predicted molar refractivity (Wildman–Crippen MR) is 223 cm³/mol. The number of amides is 1. The second-order valence-corrected chi connectivity index (χ2v) is 16.4. The third-order valence-corrected chi connectivity index (χ3v) is 10.4. The highest BCUT2D eigenvalue weighted by atomic mass is 16.5. The number of aromatic amines is 1. The number of anilines is 3. The maximum absolute atomic E-state index is 12.9. The van der Waals surface area contributed by atoms with Gasteiger partial charge >= 0.3 is 17.5 Å². The number of rotatable bonds is 11. The molecule has 0 bridgehead atoms. The summed E-state index contributed by atoms with van der Waals surface area (Å²) in [5.41, 5.74) is 5.26. The van der Waals surface area contributed by atoms with Crippen LogP contribution in [0.1, 0.15) is 80.8 Å². The second kappa shape index (κ2) is 16.2. The van der Waals surface area contributed by atoms with E-state index in [2.05, 4.69) is 65.4 Å². The quantitative estimate of drug-likeness (QED) is 0.145. The molecular weight excluding hydrogens is 735 g/mol. The third-order valence-electron chi connectivity index (χ3n) is 10.4. The van der Waals surface area contributed by atoms with Crippen molar-refractivity contribution in [2.24, 2.45) is 0 Å². The highest BCUT2D eigenvalue weighted by Gasteiger charge is 2.34. The molecular formula is C43H49N11O4. The molecule has 0 aliphatic carbocycles. The van der Waals surface area contributed by atoms with Crippen molar-refractivity contribution < 1.29 is 9.32 Å². The van der Waals surface area contributed by atoms with Crippen LogP contribution < -0.4 is 26.8 Å². The van der Waals surface area contributed by atoms with Crippen LogP contribution in [0.2, 0.25) is 0 Å². The fourth-order valence-corrected chi connectivity index (χ4v) is 7.27. The number of aryl methyl sites for hydroxylation is 1. The van der Waals surface area contributed by atoms with Gasteiger partial charge in [0.05, 0.1) is 29.3 Å². The van der Waals surface area contributed by atoms with Crippen molar-refractivity contribution >= 4 is 23.2 Å². The lowest BCUT2D eigenvalue weighted by molar-refractivity contribution is 0.0895. The average molecular weight is 784 g/mol. The molecule has 58 heavy (non-hydrogen) atoms. The van der Waals surface area contributed by atoms with Crippen LogP contribution in [-0.4, -0.2) is 77.2 Å². The van der Waals surface area contributed by atoms with Crippen molar-refractivity contribution in [2.45, 2.75) is 71.9 Å². The van der Waals surface area contributed by atoms with Crippen molar-refractivity contribution in [3.63, 3.8) is 0 Å². The van der Waals surface area contributed by atoms with Gasteiger partial charge in [-0.05, 0) is 81.1 Å². The molecule has 1 amide bonds. The van der Waals surface area contributed by atoms with Crippen molar-refractivity contribution in [2.75, 3.05) is 36.4 Å². The third kappa shape index (κ3) is 9.05. The van der Waals surface area contributed by atoms with E-state index in [0.29, 0.717) is 23.1 Å². The van der Waals surface area contributed by atoms with Crippen LogP contribution in [0.25, 0.3) is 16.9 Å². The van der Waals surface area contributed by atoms with Crippen molar-refractivity contribution in [3.05, 3.63) is 135 Å². The molecule has 0 unspecified atom stereocenters. The Kier molecular flexibility index (Phi) is 11.1. The standard InChI is InChI=1S/C43H49N11O4/c1-27-22-30(10-14-33(27)28(2)47-38(56)39-50-40(51-58-39)42(3,4)5)34-23-36(46-26-45-34)48-35-15-13-32(24-44-35)54-21-20-52(25-43(54,6)7)18-16-29-8-11-31(12-9-29)53-19-17-37(55)49-41(53)57/h8-15,17,19,22-24,26,28H,16,18,20-21,25H2,1-7H3,(H,47,56)(H,49,55,57)(H,44,45,46,48)/t28-/m1/s1. The molecule has 15 nitrogen and oxygen atoms in total. The van der Waals surface area contributed by atoms with E-state index in [1.807, 2.05) is 95.4 Å². The first-order valence-corrected chi connectivity index (χ1v) is 19.4. The van der Waals surface area contributed by atoms with Gasteiger partial charge in [-0.25, -0.2) is 19.7 Å². The number of nitrogens with one attached hydrogen (secondary N) is 3. The average Bonchev–Trinajstić information content (AvgIpc) is 3.70. The van der Waals surface area contributed by atoms with Gasteiger partial charge in [0.2, 0.25) is 0 Å². The van der Waals surface area contributed by atoms with E-state index in [4.69, 9.17) is 9.51 Å². The van der Waals surface area contributed by atoms with Crippen LogP contribution in [0, 0.1) is 6.92 Å². The van der Waals surface area contributed by atoms with Gasteiger partial charge in [0.1, 0.15) is 18.0 Å². The molecule has 0 spiro atoms. The summed E-state index contributed by atoms with van der Waals surface area (Å²) < 4.78 is 6.64. The molecule has 1 saturated heterocycles. The fourth-order valence-electron chi connectivity index (χ4n) is 7.27. The lowest BCUT2D eigenvalue weighted by atomic mass is 9.96. The van der Waals surface area contributed by atoms with Gasteiger partial charge in [-0.1, -0.05) is 50.2 Å². The highest BCUT2D eigenvalue weighted by molar-refractivity contribution is 5.89. The van der Waals surface area contributed by atoms with Gasteiger partial charge in [0.15, 0.2) is 5.82 Å². The Hall–Kier alpha value is -6.48.